The topological polar surface area (TPSA) is 36.1 Å². The molecule has 0 amide bonds. The minimum Gasteiger partial charge on any atom is -0.456 e. The van der Waals surface area contributed by atoms with Crippen molar-refractivity contribution in [3.05, 3.63) is 193 Å². The number of furan rings is 2. The molecule has 0 unspecified atom stereocenters. The highest BCUT2D eigenvalue weighted by Gasteiger charge is 2.38. The van der Waals surface area contributed by atoms with Gasteiger partial charge in [-0.2, -0.15) is 0 Å². The standard InChI is InChI=1S/C66H50F2N2O2/c67-43-23-15-21-41(37-43)59-57(39-17-3-1-4-18-39)65(69-49-29-11-7-25-45(49)61-51(69)33-35-55-63(61)47-27-9-13-31-53(47)71-55)58(40-19-5-2-6-20-40)60(42-22-16-24-44(68)38-42)66(59)70-50-30-12-8-26-46(50)62-52(70)34-36-56-64(62)48-28-10-14-32-54(48)72-56/h7-16,21-40H,1-6,17-20H2. The fourth-order valence-electron chi connectivity index (χ4n) is 13.7. The number of fused-ring (bicyclic) bond motifs is 14. The van der Waals surface area contributed by atoms with Crippen molar-refractivity contribution in [3.63, 3.8) is 0 Å². The van der Waals surface area contributed by atoms with E-state index < -0.39 is 0 Å². The van der Waals surface area contributed by atoms with Crippen molar-refractivity contribution in [3.8, 4) is 33.6 Å². The van der Waals surface area contributed by atoms with Gasteiger partial charge in [-0.25, -0.2) is 8.78 Å². The lowest BCUT2D eigenvalue weighted by atomic mass is 9.72. The van der Waals surface area contributed by atoms with Crippen LogP contribution in [0.4, 0.5) is 8.78 Å². The third-order valence-corrected chi connectivity index (χ3v) is 16.6. The molecular weight excluding hydrogens is 891 g/mol. The van der Waals surface area contributed by atoms with E-state index in [-0.39, 0.29) is 23.5 Å². The van der Waals surface area contributed by atoms with Gasteiger partial charge in [-0.05, 0) is 133 Å². The molecule has 0 bridgehead atoms. The first-order chi connectivity index (χ1) is 35.6. The van der Waals surface area contributed by atoms with Gasteiger partial charge < -0.3 is 18.0 Å². The fourth-order valence-corrected chi connectivity index (χ4v) is 13.7. The number of nitrogens with zero attached hydrogens (tertiary/aromatic N) is 2. The van der Waals surface area contributed by atoms with Crippen molar-refractivity contribution in [2.75, 3.05) is 0 Å². The average molecular weight is 941 g/mol. The van der Waals surface area contributed by atoms with E-state index in [4.69, 9.17) is 8.83 Å². The van der Waals surface area contributed by atoms with E-state index >= 15 is 8.78 Å². The number of rotatable bonds is 6. The van der Waals surface area contributed by atoms with Gasteiger partial charge in [-0.3, -0.25) is 0 Å². The van der Waals surface area contributed by atoms with Gasteiger partial charge in [0.2, 0.25) is 0 Å². The summed E-state index contributed by atoms with van der Waals surface area (Å²) in [7, 11) is 0. The maximum Gasteiger partial charge on any atom is 0.136 e. The highest BCUT2D eigenvalue weighted by molar-refractivity contribution is 6.29. The lowest BCUT2D eigenvalue weighted by Gasteiger charge is -2.37. The number of hydrogen-bond acceptors (Lipinski definition) is 2. The van der Waals surface area contributed by atoms with Gasteiger partial charge in [0.05, 0.1) is 33.4 Å². The zero-order valence-corrected chi connectivity index (χ0v) is 39.9. The summed E-state index contributed by atoms with van der Waals surface area (Å²) in [4.78, 5) is 0. The van der Waals surface area contributed by atoms with Crippen LogP contribution in [-0.4, -0.2) is 9.13 Å². The van der Waals surface area contributed by atoms with Crippen LogP contribution < -0.4 is 0 Å². The van der Waals surface area contributed by atoms with E-state index in [0.29, 0.717) is 0 Å². The van der Waals surface area contributed by atoms with E-state index in [1.807, 2.05) is 30.3 Å². The largest absolute Gasteiger partial charge is 0.456 e. The van der Waals surface area contributed by atoms with E-state index in [1.165, 1.54) is 29.7 Å². The van der Waals surface area contributed by atoms with Gasteiger partial charge >= 0.3 is 0 Å². The molecule has 13 aromatic rings. The Labute approximate surface area is 414 Å². The van der Waals surface area contributed by atoms with Gasteiger partial charge in [0.1, 0.15) is 34.0 Å². The van der Waals surface area contributed by atoms with Gasteiger partial charge in [0.15, 0.2) is 0 Å². The first-order valence-corrected chi connectivity index (χ1v) is 26.0. The van der Waals surface area contributed by atoms with Gasteiger partial charge in [0, 0.05) is 54.2 Å². The smallest absolute Gasteiger partial charge is 0.136 e. The summed E-state index contributed by atoms with van der Waals surface area (Å²) in [6.07, 6.45) is 10.7. The molecular formula is C66H50F2N2O2. The second kappa shape index (κ2) is 16.3. The van der Waals surface area contributed by atoms with Crippen molar-refractivity contribution < 1.29 is 17.6 Å². The fraction of sp³-hybridized carbons (Fsp3) is 0.182. The molecule has 4 nitrogen and oxygen atoms in total. The van der Waals surface area contributed by atoms with Crippen molar-refractivity contribution >= 4 is 87.5 Å². The summed E-state index contributed by atoms with van der Waals surface area (Å²) in [5.74, 6) is -0.305. The molecule has 2 aliphatic rings. The second-order valence-electron chi connectivity index (χ2n) is 20.5. The lowest BCUT2D eigenvalue weighted by Crippen LogP contribution is -2.20. The Hall–Kier alpha value is -7.96. The van der Waals surface area contributed by atoms with Crippen LogP contribution in [0.15, 0.2) is 179 Å². The molecule has 4 aromatic heterocycles. The predicted molar refractivity (Wildman–Crippen MR) is 292 cm³/mol. The van der Waals surface area contributed by atoms with Gasteiger partial charge in [0.25, 0.3) is 0 Å². The number of benzene rings is 9. The van der Waals surface area contributed by atoms with E-state index in [9.17, 15) is 0 Å². The van der Waals surface area contributed by atoms with Crippen LogP contribution in [-0.2, 0) is 0 Å². The molecule has 0 radical (unpaired) electrons. The first kappa shape index (κ1) is 41.8. The molecule has 350 valence electrons. The van der Waals surface area contributed by atoms with E-state index in [0.717, 1.165) is 167 Å². The maximum absolute atomic E-state index is 16.5. The molecule has 2 saturated carbocycles. The molecule has 0 atom stereocenters. The maximum atomic E-state index is 16.5. The van der Waals surface area contributed by atoms with Crippen molar-refractivity contribution in [1.82, 2.24) is 9.13 Å². The van der Waals surface area contributed by atoms with Crippen LogP contribution in [0.2, 0.25) is 0 Å². The summed E-state index contributed by atoms with van der Waals surface area (Å²) >= 11 is 0. The highest BCUT2D eigenvalue weighted by atomic mass is 19.1. The van der Waals surface area contributed by atoms with Crippen molar-refractivity contribution in [2.45, 2.75) is 76.0 Å². The Balaban J connectivity index is 1.23. The molecule has 9 aromatic carbocycles. The summed E-state index contributed by atoms with van der Waals surface area (Å²) in [5.41, 5.74) is 15.9. The average Bonchev–Trinajstić information content (AvgIpc) is 4.19. The van der Waals surface area contributed by atoms with Crippen molar-refractivity contribution in [2.24, 2.45) is 0 Å². The molecule has 2 aliphatic carbocycles. The minimum atomic E-state index is -0.293. The number of aromatic nitrogens is 2. The Morgan fingerprint density at radius 3 is 1.22 bits per heavy atom. The molecule has 0 spiro atoms. The van der Waals surface area contributed by atoms with Gasteiger partial charge in [-0.1, -0.05) is 136 Å². The molecule has 15 rings (SSSR count). The molecule has 0 saturated heterocycles. The summed E-state index contributed by atoms with van der Waals surface area (Å²) in [6, 6.07) is 57.6. The Kier molecular flexibility index (Phi) is 9.46. The lowest BCUT2D eigenvalue weighted by molar-refractivity contribution is 0.435. The van der Waals surface area contributed by atoms with Crippen LogP contribution in [0.5, 0.6) is 0 Å². The monoisotopic (exact) mass is 940 g/mol. The normalized spacial score (nSPS) is 15.2. The van der Waals surface area contributed by atoms with Crippen molar-refractivity contribution in [1.29, 1.82) is 0 Å². The highest BCUT2D eigenvalue weighted by Crippen LogP contribution is 2.57. The summed E-state index contributed by atoms with van der Waals surface area (Å²) in [5, 5.41) is 8.82. The Morgan fingerprint density at radius 1 is 0.347 bits per heavy atom. The Morgan fingerprint density at radius 2 is 0.764 bits per heavy atom. The summed E-state index contributed by atoms with van der Waals surface area (Å²) in [6.45, 7) is 0. The number of para-hydroxylation sites is 4. The molecule has 4 heterocycles. The zero-order chi connectivity index (χ0) is 47.6. The zero-order valence-electron chi connectivity index (χ0n) is 39.9. The van der Waals surface area contributed by atoms with E-state index in [1.54, 1.807) is 24.3 Å². The summed E-state index contributed by atoms with van der Waals surface area (Å²) < 4.78 is 51.3. The van der Waals surface area contributed by atoms with Crippen LogP contribution in [0, 0.1) is 11.6 Å². The molecule has 72 heavy (non-hydrogen) atoms. The van der Waals surface area contributed by atoms with Crippen LogP contribution in [0.1, 0.15) is 87.2 Å². The third kappa shape index (κ3) is 6.14. The van der Waals surface area contributed by atoms with Crippen LogP contribution in [0.25, 0.3) is 121 Å². The Bertz CT molecular complexity index is 4250. The molecule has 0 aliphatic heterocycles. The molecule has 0 N–H and O–H groups in total. The third-order valence-electron chi connectivity index (χ3n) is 16.6. The van der Waals surface area contributed by atoms with E-state index in [2.05, 4.69) is 124 Å². The van der Waals surface area contributed by atoms with Crippen LogP contribution >= 0.6 is 0 Å². The quantitative estimate of drug-likeness (QED) is 0.167. The first-order valence-electron chi connectivity index (χ1n) is 26.0. The second-order valence-corrected chi connectivity index (χ2v) is 20.5. The predicted octanol–water partition coefficient (Wildman–Crippen LogP) is 19.4. The number of halogens is 2. The van der Waals surface area contributed by atoms with Gasteiger partial charge in [-0.15, -0.1) is 0 Å². The van der Waals surface area contributed by atoms with Crippen LogP contribution in [0.3, 0.4) is 0 Å². The SMILES string of the molecule is Fc1cccc(-c2c(C3CCCCC3)c(-n3c4ccccc4c4c5c(ccc43)oc3ccccc35)c(C3CCCCC3)c(-c3cccc(F)c3)c2-n2c3ccccc3c3c4c(ccc32)oc2ccccc24)c1. The minimum absolute atomic E-state index is 0.141. The molecule has 2 fully saturated rings. The molecule has 6 heteroatoms. The number of hydrogen-bond donors (Lipinski definition) is 0.